The number of rotatable bonds is 5. The maximum Gasteiger partial charge on any atom is 0.231 e. The fourth-order valence-corrected chi connectivity index (χ4v) is 2.09. The standard InChI is InChI=1S/C14H14F2N6O/c1-22-13-9(7-18-22)12(17-4-5-23)20-14(21-13)19-8-2-3-10(15)11(16)6-8/h2-3,6-7,23H,4-5H2,1H3,(H2,17,19,20,21). The van der Waals surface area contributed by atoms with Gasteiger partial charge in [-0.25, -0.2) is 8.78 Å². The van der Waals surface area contributed by atoms with Crippen LogP contribution in [0.3, 0.4) is 0 Å². The molecule has 0 saturated heterocycles. The zero-order valence-corrected chi connectivity index (χ0v) is 12.2. The number of benzene rings is 1. The largest absolute Gasteiger partial charge is 0.395 e. The first kappa shape index (κ1) is 15.1. The summed E-state index contributed by atoms with van der Waals surface area (Å²) >= 11 is 0. The van der Waals surface area contributed by atoms with Crippen LogP contribution in [0.25, 0.3) is 11.0 Å². The van der Waals surface area contributed by atoms with E-state index in [-0.39, 0.29) is 12.6 Å². The molecule has 0 spiro atoms. The number of nitrogens with zero attached hydrogens (tertiary/aromatic N) is 4. The first-order chi connectivity index (χ1) is 11.1. The van der Waals surface area contributed by atoms with Gasteiger partial charge in [0.05, 0.1) is 18.2 Å². The maximum absolute atomic E-state index is 13.3. The molecular weight excluding hydrogens is 306 g/mol. The Morgan fingerprint density at radius 2 is 2.04 bits per heavy atom. The molecule has 0 amide bonds. The van der Waals surface area contributed by atoms with Crippen molar-refractivity contribution < 1.29 is 13.9 Å². The van der Waals surface area contributed by atoms with Crippen molar-refractivity contribution in [3.63, 3.8) is 0 Å². The van der Waals surface area contributed by atoms with Gasteiger partial charge in [0.2, 0.25) is 5.95 Å². The van der Waals surface area contributed by atoms with Crippen LogP contribution in [0.1, 0.15) is 0 Å². The third-order valence-electron chi connectivity index (χ3n) is 3.17. The van der Waals surface area contributed by atoms with Gasteiger partial charge >= 0.3 is 0 Å². The summed E-state index contributed by atoms with van der Waals surface area (Å²) in [6, 6.07) is 3.42. The van der Waals surface area contributed by atoms with Crippen LogP contribution in [-0.2, 0) is 7.05 Å². The van der Waals surface area contributed by atoms with E-state index in [0.717, 1.165) is 12.1 Å². The van der Waals surface area contributed by atoms with Crippen molar-refractivity contribution in [1.29, 1.82) is 0 Å². The minimum atomic E-state index is -0.963. The number of hydrogen-bond donors (Lipinski definition) is 3. The minimum Gasteiger partial charge on any atom is -0.395 e. The molecule has 0 radical (unpaired) electrons. The predicted molar refractivity (Wildman–Crippen MR) is 81.5 cm³/mol. The van der Waals surface area contributed by atoms with Crippen LogP contribution in [0.15, 0.2) is 24.4 Å². The summed E-state index contributed by atoms with van der Waals surface area (Å²) in [6.07, 6.45) is 1.61. The van der Waals surface area contributed by atoms with E-state index < -0.39 is 11.6 Å². The molecule has 0 aliphatic heterocycles. The molecule has 3 rings (SSSR count). The van der Waals surface area contributed by atoms with Gasteiger partial charge in [-0.1, -0.05) is 0 Å². The summed E-state index contributed by atoms with van der Waals surface area (Å²) in [6.45, 7) is 0.253. The summed E-state index contributed by atoms with van der Waals surface area (Å²) in [5, 5.41) is 19.5. The van der Waals surface area contributed by atoms with Crippen LogP contribution in [-0.4, -0.2) is 38.0 Å². The summed E-state index contributed by atoms with van der Waals surface area (Å²) in [5.41, 5.74) is 0.879. The van der Waals surface area contributed by atoms with E-state index in [2.05, 4.69) is 25.7 Å². The van der Waals surface area contributed by atoms with Gasteiger partial charge in [-0.2, -0.15) is 15.1 Å². The average molecular weight is 320 g/mol. The normalized spacial score (nSPS) is 11.0. The van der Waals surface area contributed by atoms with Crippen LogP contribution >= 0.6 is 0 Å². The summed E-state index contributed by atoms with van der Waals surface area (Å²) in [4.78, 5) is 8.60. The monoisotopic (exact) mass is 320 g/mol. The van der Waals surface area contributed by atoms with E-state index in [1.165, 1.54) is 6.07 Å². The molecule has 0 atom stereocenters. The number of anilines is 3. The second kappa shape index (κ2) is 6.13. The van der Waals surface area contributed by atoms with Crippen molar-refractivity contribution in [1.82, 2.24) is 19.7 Å². The Labute approximate surface area is 130 Å². The van der Waals surface area contributed by atoms with Crippen LogP contribution in [0, 0.1) is 11.6 Å². The molecule has 0 fully saturated rings. The molecule has 3 N–H and O–H groups in total. The van der Waals surface area contributed by atoms with Crippen LogP contribution < -0.4 is 10.6 Å². The number of halogens is 2. The van der Waals surface area contributed by atoms with Crippen molar-refractivity contribution in [2.75, 3.05) is 23.8 Å². The first-order valence-corrected chi connectivity index (χ1v) is 6.85. The van der Waals surface area contributed by atoms with Crippen molar-refractivity contribution >= 4 is 28.5 Å². The van der Waals surface area contributed by atoms with Crippen LogP contribution in [0.5, 0.6) is 0 Å². The second-order valence-electron chi connectivity index (χ2n) is 4.81. The van der Waals surface area contributed by atoms with Gasteiger partial charge < -0.3 is 15.7 Å². The highest BCUT2D eigenvalue weighted by Gasteiger charge is 2.12. The molecule has 9 heteroatoms. The number of aliphatic hydroxyl groups excluding tert-OH is 1. The summed E-state index contributed by atoms with van der Waals surface area (Å²) in [5.74, 6) is -1.20. The third kappa shape index (κ3) is 3.04. The Hall–Kier alpha value is -2.81. The topological polar surface area (TPSA) is 87.9 Å². The third-order valence-corrected chi connectivity index (χ3v) is 3.17. The van der Waals surface area contributed by atoms with Crippen molar-refractivity contribution in [3.05, 3.63) is 36.0 Å². The molecular formula is C14H14F2N6O. The van der Waals surface area contributed by atoms with Crippen molar-refractivity contribution in [3.8, 4) is 0 Å². The fraction of sp³-hybridized carbons (Fsp3) is 0.214. The Morgan fingerprint density at radius 3 is 2.78 bits per heavy atom. The molecule has 120 valence electrons. The number of hydrogen-bond acceptors (Lipinski definition) is 6. The van der Waals surface area contributed by atoms with Gasteiger partial charge in [-0.3, -0.25) is 4.68 Å². The molecule has 23 heavy (non-hydrogen) atoms. The lowest BCUT2D eigenvalue weighted by Crippen LogP contribution is -2.09. The Balaban J connectivity index is 1.99. The summed E-state index contributed by atoms with van der Waals surface area (Å²) in [7, 11) is 1.73. The lowest BCUT2D eigenvalue weighted by Gasteiger charge is -2.09. The van der Waals surface area contributed by atoms with E-state index >= 15 is 0 Å². The highest BCUT2D eigenvalue weighted by molar-refractivity contribution is 5.87. The zero-order valence-electron chi connectivity index (χ0n) is 12.2. The van der Waals surface area contributed by atoms with Gasteiger partial charge in [0.25, 0.3) is 0 Å². The SMILES string of the molecule is Cn1ncc2c(NCCO)nc(Nc3ccc(F)c(F)c3)nc21. The Kier molecular flexibility index (Phi) is 4.02. The van der Waals surface area contributed by atoms with Gasteiger partial charge in [0.15, 0.2) is 17.3 Å². The molecule has 1 aromatic carbocycles. The number of fused-ring (bicyclic) bond motifs is 1. The Bertz CT molecular complexity index is 851. The van der Waals surface area contributed by atoms with Crippen molar-refractivity contribution in [2.45, 2.75) is 0 Å². The molecule has 0 unspecified atom stereocenters. The maximum atomic E-state index is 13.3. The second-order valence-corrected chi connectivity index (χ2v) is 4.81. The van der Waals surface area contributed by atoms with Crippen molar-refractivity contribution in [2.24, 2.45) is 7.05 Å². The number of nitrogens with one attached hydrogen (secondary N) is 2. The van der Waals surface area contributed by atoms with E-state index in [1.807, 2.05) is 0 Å². The highest BCUT2D eigenvalue weighted by Crippen LogP contribution is 2.23. The van der Waals surface area contributed by atoms with Gasteiger partial charge in [0, 0.05) is 25.3 Å². The van der Waals surface area contributed by atoms with E-state index in [4.69, 9.17) is 5.11 Å². The number of aromatic nitrogens is 4. The number of aryl methyl sites for hydroxylation is 1. The van der Waals surface area contributed by atoms with Crippen LogP contribution in [0.4, 0.5) is 26.2 Å². The molecule has 2 aromatic heterocycles. The molecule has 0 aliphatic rings. The molecule has 0 saturated carbocycles. The van der Waals surface area contributed by atoms with Gasteiger partial charge in [-0.05, 0) is 12.1 Å². The molecule has 2 heterocycles. The quantitative estimate of drug-likeness (QED) is 0.664. The Morgan fingerprint density at radius 1 is 1.22 bits per heavy atom. The lowest BCUT2D eigenvalue weighted by molar-refractivity contribution is 0.311. The fourth-order valence-electron chi connectivity index (χ4n) is 2.09. The summed E-state index contributed by atoms with van der Waals surface area (Å²) < 4.78 is 27.8. The van der Waals surface area contributed by atoms with Gasteiger partial charge in [-0.15, -0.1) is 0 Å². The van der Waals surface area contributed by atoms with Gasteiger partial charge in [0.1, 0.15) is 5.82 Å². The van der Waals surface area contributed by atoms with E-state index in [1.54, 1.807) is 17.9 Å². The zero-order chi connectivity index (χ0) is 16.4. The molecule has 0 aliphatic carbocycles. The smallest absolute Gasteiger partial charge is 0.231 e. The number of aliphatic hydroxyl groups is 1. The van der Waals surface area contributed by atoms with E-state index in [0.29, 0.717) is 29.1 Å². The molecule has 7 nitrogen and oxygen atoms in total. The highest BCUT2D eigenvalue weighted by atomic mass is 19.2. The average Bonchev–Trinajstić information content (AvgIpc) is 2.90. The predicted octanol–water partition coefficient (Wildman–Crippen LogP) is 1.79. The molecule has 3 aromatic rings. The van der Waals surface area contributed by atoms with E-state index in [9.17, 15) is 8.78 Å². The first-order valence-electron chi connectivity index (χ1n) is 6.85. The minimum absolute atomic E-state index is 0.0578. The molecule has 0 bridgehead atoms. The van der Waals surface area contributed by atoms with Crippen LogP contribution in [0.2, 0.25) is 0 Å². The lowest BCUT2D eigenvalue weighted by atomic mass is 10.3.